The lowest BCUT2D eigenvalue weighted by molar-refractivity contribution is -0.147. The van der Waals surface area contributed by atoms with Gasteiger partial charge < -0.3 is 19.1 Å². The van der Waals surface area contributed by atoms with Gasteiger partial charge in [-0.2, -0.15) is 0 Å². The van der Waals surface area contributed by atoms with Crippen molar-refractivity contribution in [2.24, 2.45) is 7.05 Å². The van der Waals surface area contributed by atoms with Gasteiger partial charge in [-0.05, 0) is 25.0 Å². The first-order chi connectivity index (χ1) is 10.7. The Morgan fingerprint density at radius 3 is 2.95 bits per heavy atom. The van der Waals surface area contributed by atoms with Crippen LogP contribution < -0.4 is 0 Å². The molecule has 6 nitrogen and oxygen atoms in total. The molecule has 22 heavy (non-hydrogen) atoms. The van der Waals surface area contributed by atoms with Gasteiger partial charge in [0.1, 0.15) is 0 Å². The zero-order chi connectivity index (χ0) is 15.5. The molecular formula is C16H23N3O3. The van der Waals surface area contributed by atoms with E-state index >= 15 is 0 Å². The number of hydrogen-bond acceptors (Lipinski definition) is 3. The van der Waals surface area contributed by atoms with E-state index < -0.39 is 0 Å². The Kier molecular flexibility index (Phi) is 4.47. The van der Waals surface area contributed by atoms with E-state index in [0.29, 0.717) is 32.7 Å². The molecular weight excluding hydrogens is 282 g/mol. The van der Waals surface area contributed by atoms with Gasteiger partial charge in [-0.25, -0.2) is 0 Å². The lowest BCUT2D eigenvalue weighted by Crippen LogP contribution is -2.49. The number of amides is 2. The summed E-state index contributed by atoms with van der Waals surface area (Å²) in [4.78, 5) is 28.2. The molecule has 2 aliphatic heterocycles. The fraction of sp³-hybridized carbons (Fsp3) is 0.625. The fourth-order valence-corrected chi connectivity index (χ4v) is 3.25. The third-order valence-corrected chi connectivity index (χ3v) is 4.52. The maximum absolute atomic E-state index is 12.7. The van der Waals surface area contributed by atoms with E-state index in [0.717, 1.165) is 18.5 Å². The van der Waals surface area contributed by atoms with Gasteiger partial charge >= 0.3 is 0 Å². The molecule has 6 heteroatoms. The van der Waals surface area contributed by atoms with Crippen molar-refractivity contribution in [3.63, 3.8) is 0 Å². The van der Waals surface area contributed by atoms with Crippen LogP contribution in [-0.4, -0.2) is 59.0 Å². The number of aromatic nitrogens is 1. The summed E-state index contributed by atoms with van der Waals surface area (Å²) in [6.45, 7) is 2.54. The highest BCUT2D eigenvalue weighted by atomic mass is 16.5. The van der Waals surface area contributed by atoms with Gasteiger partial charge in [0, 0.05) is 38.4 Å². The number of carbonyl (C=O) groups is 2. The summed E-state index contributed by atoms with van der Waals surface area (Å²) in [5.74, 6) is 0.119. The molecule has 3 rings (SSSR count). The van der Waals surface area contributed by atoms with Crippen molar-refractivity contribution in [1.29, 1.82) is 0 Å². The van der Waals surface area contributed by atoms with Crippen LogP contribution in [0.3, 0.4) is 0 Å². The number of likely N-dealkylation sites (tertiary alicyclic amines) is 1. The van der Waals surface area contributed by atoms with Crippen LogP contribution in [0.25, 0.3) is 0 Å². The molecule has 2 aliphatic rings. The molecule has 0 aliphatic carbocycles. The van der Waals surface area contributed by atoms with Crippen LogP contribution in [0.5, 0.6) is 0 Å². The summed E-state index contributed by atoms with van der Waals surface area (Å²) in [6.07, 6.45) is 4.47. The van der Waals surface area contributed by atoms with Gasteiger partial charge in [-0.3, -0.25) is 9.59 Å². The summed E-state index contributed by atoms with van der Waals surface area (Å²) in [6, 6.07) is 3.92. The highest BCUT2D eigenvalue weighted by Gasteiger charge is 2.32. The summed E-state index contributed by atoms with van der Waals surface area (Å²) < 4.78 is 7.58. The van der Waals surface area contributed by atoms with Crippen molar-refractivity contribution in [2.45, 2.75) is 25.3 Å². The first-order valence-corrected chi connectivity index (χ1v) is 7.93. The Morgan fingerprint density at radius 2 is 2.23 bits per heavy atom. The number of ether oxygens (including phenoxy) is 1. The topological polar surface area (TPSA) is 54.8 Å². The van der Waals surface area contributed by atoms with Gasteiger partial charge in [-0.15, -0.1) is 0 Å². The highest BCUT2D eigenvalue weighted by Crippen LogP contribution is 2.24. The number of piperidine rings is 1. The van der Waals surface area contributed by atoms with Crippen LogP contribution in [0.4, 0.5) is 0 Å². The van der Waals surface area contributed by atoms with Crippen LogP contribution in [-0.2, 0) is 21.4 Å². The minimum Gasteiger partial charge on any atom is -0.377 e. The quantitative estimate of drug-likeness (QED) is 0.835. The SMILES string of the molecule is Cn1cccc1C1COCCN1C(=O)CN1CCCCC1=O. The van der Waals surface area contributed by atoms with Crippen LogP contribution in [0, 0.1) is 0 Å². The molecule has 2 amide bonds. The summed E-state index contributed by atoms with van der Waals surface area (Å²) in [7, 11) is 1.97. The normalized spacial score (nSPS) is 23.0. The number of morpholine rings is 1. The Balaban J connectivity index is 1.71. The van der Waals surface area contributed by atoms with Crippen LogP contribution >= 0.6 is 0 Å². The minimum atomic E-state index is -0.0684. The monoisotopic (exact) mass is 305 g/mol. The molecule has 2 fully saturated rings. The van der Waals surface area contributed by atoms with Gasteiger partial charge in [0.15, 0.2) is 0 Å². The predicted octanol–water partition coefficient (Wildman–Crippen LogP) is 0.937. The fourth-order valence-electron chi connectivity index (χ4n) is 3.25. The van der Waals surface area contributed by atoms with Crippen LogP contribution in [0.15, 0.2) is 18.3 Å². The number of aryl methyl sites for hydroxylation is 1. The first kappa shape index (κ1) is 15.1. The molecule has 0 aromatic carbocycles. The second kappa shape index (κ2) is 6.52. The third kappa shape index (κ3) is 3.02. The van der Waals surface area contributed by atoms with E-state index in [-0.39, 0.29) is 24.4 Å². The molecule has 3 heterocycles. The summed E-state index contributed by atoms with van der Waals surface area (Å²) in [5.41, 5.74) is 1.07. The van der Waals surface area contributed by atoms with Crippen LogP contribution in [0.1, 0.15) is 31.0 Å². The van der Waals surface area contributed by atoms with Crippen LogP contribution in [0.2, 0.25) is 0 Å². The average Bonchev–Trinajstić information content (AvgIpc) is 2.95. The molecule has 2 saturated heterocycles. The van der Waals surface area contributed by atoms with E-state index in [9.17, 15) is 9.59 Å². The molecule has 0 N–H and O–H groups in total. The van der Waals surface area contributed by atoms with Crippen molar-refractivity contribution in [3.8, 4) is 0 Å². The number of hydrogen-bond donors (Lipinski definition) is 0. The van der Waals surface area contributed by atoms with E-state index in [1.54, 1.807) is 4.90 Å². The van der Waals surface area contributed by atoms with Crippen molar-refractivity contribution in [3.05, 3.63) is 24.0 Å². The maximum Gasteiger partial charge on any atom is 0.242 e. The standard InChI is InChI=1S/C16H23N3O3/c1-17-7-4-5-13(17)14-12-22-10-9-19(14)16(21)11-18-8-3-2-6-15(18)20/h4-5,7,14H,2-3,6,8-12H2,1H3. The van der Waals surface area contributed by atoms with Crippen molar-refractivity contribution >= 4 is 11.8 Å². The van der Waals surface area contributed by atoms with E-state index in [4.69, 9.17) is 4.74 Å². The smallest absolute Gasteiger partial charge is 0.242 e. The Bertz CT molecular complexity index is 555. The van der Waals surface area contributed by atoms with Gasteiger partial charge in [0.2, 0.25) is 11.8 Å². The van der Waals surface area contributed by atoms with Crippen molar-refractivity contribution in [1.82, 2.24) is 14.4 Å². The molecule has 1 unspecified atom stereocenters. The average molecular weight is 305 g/mol. The predicted molar refractivity (Wildman–Crippen MR) is 81.1 cm³/mol. The second-order valence-electron chi connectivity index (χ2n) is 5.99. The lowest BCUT2D eigenvalue weighted by Gasteiger charge is -2.37. The molecule has 0 spiro atoms. The molecule has 0 saturated carbocycles. The third-order valence-electron chi connectivity index (χ3n) is 4.52. The molecule has 0 bridgehead atoms. The Morgan fingerprint density at radius 1 is 1.36 bits per heavy atom. The maximum atomic E-state index is 12.7. The van der Waals surface area contributed by atoms with E-state index in [1.165, 1.54) is 0 Å². The molecule has 120 valence electrons. The van der Waals surface area contributed by atoms with E-state index in [2.05, 4.69) is 0 Å². The molecule has 1 aromatic rings. The Labute approximate surface area is 130 Å². The number of carbonyl (C=O) groups excluding carboxylic acids is 2. The summed E-state index contributed by atoms with van der Waals surface area (Å²) >= 11 is 0. The largest absolute Gasteiger partial charge is 0.377 e. The lowest BCUT2D eigenvalue weighted by atomic mass is 10.1. The minimum absolute atomic E-state index is 0.0183. The molecule has 0 radical (unpaired) electrons. The van der Waals surface area contributed by atoms with Crippen molar-refractivity contribution in [2.75, 3.05) is 32.8 Å². The summed E-state index contributed by atoms with van der Waals surface area (Å²) in [5, 5.41) is 0. The zero-order valence-electron chi connectivity index (χ0n) is 13.0. The van der Waals surface area contributed by atoms with Gasteiger partial charge in [0.05, 0.1) is 25.8 Å². The Hall–Kier alpha value is -1.82. The molecule has 1 atom stereocenters. The number of rotatable bonds is 3. The molecule has 1 aromatic heterocycles. The van der Waals surface area contributed by atoms with Gasteiger partial charge in [-0.1, -0.05) is 0 Å². The second-order valence-corrected chi connectivity index (χ2v) is 5.99. The van der Waals surface area contributed by atoms with Crippen molar-refractivity contribution < 1.29 is 14.3 Å². The van der Waals surface area contributed by atoms with E-state index in [1.807, 2.05) is 34.8 Å². The first-order valence-electron chi connectivity index (χ1n) is 7.93. The van der Waals surface area contributed by atoms with Gasteiger partial charge in [0.25, 0.3) is 0 Å². The number of nitrogens with zero attached hydrogens (tertiary/aromatic N) is 3. The zero-order valence-corrected chi connectivity index (χ0v) is 13.0. The highest BCUT2D eigenvalue weighted by molar-refractivity contribution is 5.85.